The maximum atomic E-state index is 13.2. The summed E-state index contributed by atoms with van der Waals surface area (Å²) in [6.07, 6.45) is 6.44. The maximum Gasteiger partial charge on any atom is 0.227 e. The first kappa shape index (κ1) is 18.2. The highest BCUT2D eigenvalue weighted by Gasteiger charge is 2.38. The van der Waals surface area contributed by atoms with Crippen molar-refractivity contribution < 1.29 is 9.59 Å². The molecule has 0 bridgehead atoms. The van der Waals surface area contributed by atoms with Crippen molar-refractivity contribution >= 4 is 11.8 Å². The molecule has 1 aromatic carbocycles. The Balaban J connectivity index is 1.16. The highest BCUT2D eigenvalue weighted by molar-refractivity contribution is 5.81. The van der Waals surface area contributed by atoms with E-state index in [0.717, 1.165) is 77.8 Å². The summed E-state index contributed by atoms with van der Waals surface area (Å²) in [5.41, 5.74) is 2.60. The standard InChI is InChI=1S/C23H31N3O2/c27-22(17-7-8-17)24-12-9-21(10-13-24)25-11-3-6-20(16-25)23(28)26-14-18-4-1-2-5-19(18)15-26/h1-2,4-5,17,20-21H,3,6-16H2/t20-/m1/s1. The molecule has 0 radical (unpaired) electrons. The molecule has 2 saturated heterocycles. The van der Waals surface area contributed by atoms with Gasteiger partial charge in [-0.15, -0.1) is 0 Å². The van der Waals surface area contributed by atoms with Gasteiger partial charge < -0.3 is 9.80 Å². The zero-order valence-corrected chi connectivity index (χ0v) is 16.7. The lowest BCUT2D eigenvalue weighted by molar-refractivity contribution is -0.138. The smallest absolute Gasteiger partial charge is 0.227 e. The fraction of sp³-hybridized carbons (Fsp3) is 0.652. The van der Waals surface area contributed by atoms with E-state index in [1.807, 2.05) is 0 Å². The second kappa shape index (κ2) is 7.51. The first-order valence-electron chi connectivity index (χ1n) is 11.1. The van der Waals surface area contributed by atoms with Crippen molar-refractivity contribution in [3.63, 3.8) is 0 Å². The second-order valence-electron chi connectivity index (χ2n) is 9.13. The van der Waals surface area contributed by atoms with E-state index in [1.54, 1.807) is 0 Å². The third-order valence-electron chi connectivity index (χ3n) is 7.17. The van der Waals surface area contributed by atoms with Crippen LogP contribution in [0.4, 0.5) is 0 Å². The number of carbonyl (C=O) groups is 2. The van der Waals surface area contributed by atoms with Crippen LogP contribution in [0, 0.1) is 11.8 Å². The van der Waals surface area contributed by atoms with Crippen LogP contribution >= 0.6 is 0 Å². The van der Waals surface area contributed by atoms with Gasteiger partial charge in [0, 0.05) is 44.7 Å². The Morgan fingerprint density at radius 2 is 1.39 bits per heavy atom. The molecule has 1 atom stereocenters. The van der Waals surface area contributed by atoms with Crippen LogP contribution in [0.5, 0.6) is 0 Å². The van der Waals surface area contributed by atoms with Crippen LogP contribution in [0.2, 0.25) is 0 Å². The van der Waals surface area contributed by atoms with Crippen LogP contribution < -0.4 is 0 Å². The summed E-state index contributed by atoms with van der Waals surface area (Å²) in [6.45, 7) is 5.34. The third kappa shape index (κ3) is 3.57. The molecule has 5 nitrogen and oxygen atoms in total. The normalized spacial score (nSPS) is 26.4. The van der Waals surface area contributed by atoms with E-state index < -0.39 is 0 Å². The highest BCUT2D eigenvalue weighted by Crippen LogP contribution is 2.33. The van der Waals surface area contributed by atoms with E-state index in [9.17, 15) is 9.59 Å². The quantitative estimate of drug-likeness (QED) is 0.809. The number of fused-ring (bicyclic) bond motifs is 1. The molecule has 150 valence electrons. The number of piperidine rings is 2. The number of likely N-dealkylation sites (tertiary alicyclic amines) is 2. The molecule has 1 aliphatic carbocycles. The van der Waals surface area contributed by atoms with Crippen LogP contribution in [0.1, 0.15) is 49.7 Å². The molecule has 3 fully saturated rings. The number of amides is 2. The first-order valence-corrected chi connectivity index (χ1v) is 11.1. The van der Waals surface area contributed by atoms with Gasteiger partial charge in [-0.3, -0.25) is 14.5 Å². The SMILES string of the molecule is O=C(C1CC1)N1CCC(N2CCC[C@@H](C(=O)N3Cc4ccccc4C3)C2)CC1. The summed E-state index contributed by atoms with van der Waals surface area (Å²) < 4.78 is 0. The molecular weight excluding hydrogens is 350 g/mol. The van der Waals surface area contributed by atoms with E-state index in [1.165, 1.54) is 11.1 Å². The molecule has 4 aliphatic rings. The molecule has 5 heteroatoms. The van der Waals surface area contributed by atoms with E-state index in [2.05, 4.69) is 39.0 Å². The summed E-state index contributed by atoms with van der Waals surface area (Å²) in [7, 11) is 0. The zero-order valence-electron chi connectivity index (χ0n) is 16.7. The molecule has 1 aromatic rings. The maximum absolute atomic E-state index is 13.2. The minimum absolute atomic E-state index is 0.134. The molecule has 0 aromatic heterocycles. The van der Waals surface area contributed by atoms with Gasteiger partial charge in [0.15, 0.2) is 0 Å². The molecule has 5 rings (SSSR count). The molecular formula is C23H31N3O2. The summed E-state index contributed by atoms with van der Waals surface area (Å²) in [4.78, 5) is 32.1. The number of rotatable bonds is 3. The fourth-order valence-electron chi connectivity index (χ4n) is 5.33. The summed E-state index contributed by atoms with van der Waals surface area (Å²) in [6, 6.07) is 8.96. The molecule has 0 N–H and O–H groups in total. The summed E-state index contributed by atoms with van der Waals surface area (Å²) in [5.74, 6) is 1.19. The van der Waals surface area contributed by atoms with Gasteiger partial charge in [0.2, 0.25) is 11.8 Å². The Bertz CT molecular complexity index is 727. The number of carbonyl (C=O) groups excluding carboxylic acids is 2. The topological polar surface area (TPSA) is 43.9 Å². The summed E-state index contributed by atoms with van der Waals surface area (Å²) >= 11 is 0. The van der Waals surface area contributed by atoms with Crippen LogP contribution in [0.25, 0.3) is 0 Å². The van der Waals surface area contributed by atoms with Crippen molar-refractivity contribution in [3.05, 3.63) is 35.4 Å². The Kier molecular flexibility index (Phi) is 4.87. The van der Waals surface area contributed by atoms with Crippen LogP contribution in [0.15, 0.2) is 24.3 Å². The predicted molar refractivity (Wildman–Crippen MR) is 107 cm³/mol. The van der Waals surface area contributed by atoms with E-state index in [4.69, 9.17) is 0 Å². The van der Waals surface area contributed by atoms with Gasteiger partial charge in [0.25, 0.3) is 0 Å². The van der Waals surface area contributed by atoms with Crippen LogP contribution in [-0.2, 0) is 22.7 Å². The Hall–Kier alpha value is -1.88. The highest BCUT2D eigenvalue weighted by atomic mass is 16.2. The lowest BCUT2D eigenvalue weighted by atomic mass is 9.92. The monoisotopic (exact) mass is 381 g/mol. The number of benzene rings is 1. The number of hydrogen-bond donors (Lipinski definition) is 0. The molecule has 3 heterocycles. The van der Waals surface area contributed by atoms with Crippen molar-refractivity contribution in [3.8, 4) is 0 Å². The minimum Gasteiger partial charge on any atom is -0.342 e. The first-order chi connectivity index (χ1) is 13.7. The molecule has 28 heavy (non-hydrogen) atoms. The Labute approximate surface area is 167 Å². The van der Waals surface area contributed by atoms with Gasteiger partial charge in [0.1, 0.15) is 0 Å². The van der Waals surface area contributed by atoms with Crippen molar-refractivity contribution in [2.45, 2.75) is 57.7 Å². The molecule has 0 unspecified atom stereocenters. The second-order valence-corrected chi connectivity index (χ2v) is 9.13. The molecule has 0 spiro atoms. The zero-order chi connectivity index (χ0) is 19.1. The van der Waals surface area contributed by atoms with Crippen molar-refractivity contribution in [1.29, 1.82) is 0 Å². The van der Waals surface area contributed by atoms with Gasteiger partial charge >= 0.3 is 0 Å². The van der Waals surface area contributed by atoms with Gasteiger partial charge in [-0.2, -0.15) is 0 Å². The van der Waals surface area contributed by atoms with E-state index in [-0.39, 0.29) is 5.92 Å². The Morgan fingerprint density at radius 3 is 2.04 bits per heavy atom. The third-order valence-corrected chi connectivity index (χ3v) is 7.17. The van der Waals surface area contributed by atoms with Gasteiger partial charge in [-0.05, 0) is 56.2 Å². The van der Waals surface area contributed by atoms with E-state index in [0.29, 0.717) is 23.8 Å². The fourth-order valence-corrected chi connectivity index (χ4v) is 5.33. The summed E-state index contributed by atoms with van der Waals surface area (Å²) in [5, 5.41) is 0. The predicted octanol–water partition coefficient (Wildman–Crippen LogP) is 2.64. The minimum atomic E-state index is 0.134. The van der Waals surface area contributed by atoms with Crippen molar-refractivity contribution in [1.82, 2.24) is 14.7 Å². The van der Waals surface area contributed by atoms with E-state index >= 15 is 0 Å². The lowest BCUT2D eigenvalue weighted by Crippen LogP contribution is -2.51. The largest absolute Gasteiger partial charge is 0.342 e. The lowest BCUT2D eigenvalue weighted by Gasteiger charge is -2.42. The molecule has 1 saturated carbocycles. The molecule has 2 amide bonds. The number of nitrogens with zero attached hydrogens (tertiary/aromatic N) is 3. The number of hydrogen-bond acceptors (Lipinski definition) is 3. The van der Waals surface area contributed by atoms with Crippen molar-refractivity contribution in [2.75, 3.05) is 26.2 Å². The van der Waals surface area contributed by atoms with Crippen LogP contribution in [0.3, 0.4) is 0 Å². The Morgan fingerprint density at radius 1 is 0.750 bits per heavy atom. The van der Waals surface area contributed by atoms with Gasteiger partial charge in [0.05, 0.1) is 5.92 Å². The molecule has 3 aliphatic heterocycles. The van der Waals surface area contributed by atoms with Crippen molar-refractivity contribution in [2.24, 2.45) is 11.8 Å². The van der Waals surface area contributed by atoms with Gasteiger partial charge in [-0.25, -0.2) is 0 Å². The average molecular weight is 382 g/mol. The van der Waals surface area contributed by atoms with Crippen LogP contribution in [-0.4, -0.2) is 58.7 Å². The average Bonchev–Trinajstić information content (AvgIpc) is 3.51. The van der Waals surface area contributed by atoms with Gasteiger partial charge in [-0.1, -0.05) is 24.3 Å².